The fourth-order valence-corrected chi connectivity index (χ4v) is 1.12. The molecule has 0 aliphatic rings. The molecule has 1 rings (SSSR count). The molecule has 0 saturated carbocycles. The van der Waals surface area contributed by atoms with E-state index in [4.69, 9.17) is 5.21 Å². The van der Waals surface area contributed by atoms with E-state index in [1.165, 1.54) is 0 Å². The molecule has 0 radical (unpaired) electrons. The van der Waals surface area contributed by atoms with Crippen LogP contribution in [0.2, 0.25) is 0 Å². The number of rotatable bonds is 2. The minimum atomic E-state index is -0.496. The zero-order valence-electron chi connectivity index (χ0n) is 7.61. The predicted octanol–water partition coefficient (Wildman–Crippen LogP) is 0.872. The average molecular weight is 180 g/mol. The van der Waals surface area contributed by atoms with Gasteiger partial charge in [-0.05, 0) is 12.1 Å². The van der Waals surface area contributed by atoms with Crippen LogP contribution in [-0.4, -0.2) is 25.2 Å². The maximum Gasteiger partial charge on any atom is 0.276 e. The summed E-state index contributed by atoms with van der Waals surface area (Å²) in [5, 5.41) is 8.48. The third-order valence-corrected chi connectivity index (χ3v) is 1.73. The number of anilines is 1. The van der Waals surface area contributed by atoms with Crippen molar-refractivity contribution in [3.8, 4) is 0 Å². The van der Waals surface area contributed by atoms with Crippen molar-refractivity contribution in [2.45, 2.75) is 0 Å². The number of hydroxylamine groups is 1. The average Bonchev–Trinajstić information content (AvgIpc) is 2.16. The van der Waals surface area contributed by atoms with Gasteiger partial charge in [0.15, 0.2) is 0 Å². The normalized spacial score (nSPS) is 9.46. The lowest BCUT2D eigenvalue weighted by Crippen LogP contribution is -2.22. The minimum Gasteiger partial charge on any atom is -0.377 e. The maximum atomic E-state index is 11.2. The van der Waals surface area contributed by atoms with E-state index in [1.54, 1.807) is 17.6 Å². The maximum absolute atomic E-state index is 11.2. The summed E-state index contributed by atoms with van der Waals surface area (Å²) in [6.45, 7) is 0. The van der Waals surface area contributed by atoms with Crippen molar-refractivity contribution >= 4 is 11.6 Å². The van der Waals surface area contributed by atoms with Gasteiger partial charge in [0.05, 0.1) is 5.56 Å². The molecule has 0 aliphatic carbocycles. The minimum absolute atomic E-state index is 0.454. The first-order chi connectivity index (χ1) is 6.16. The van der Waals surface area contributed by atoms with E-state index in [1.807, 2.05) is 31.1 Å². The lowest BCUT2D eigenvalue weighted by molar-refractivity contribution is 0.0707. The molecule has 0 saturated heterocycles. The summed E-state index contributed by atoms with van der Waals surface area (Å²) in [7, 11) is 3.67. The molecule has 1 aromatic rings. The van der Waals surface area contributed by atoms with Crippen molar-refractivity contribution in [3.05, 3.63) is 29.8 Å². The molecule has 0 bridgehead atoms. The Balaban J connectivity index is 3.12. The summed E-state index contributed by atoms with van der Waals surface area (Å²) in [6.07, 6.45) is 0. The molecule has 1 aromatic carbocycles. The second kappa shape index (κ2) is 3.91. The molecule has 2 N–H and O–H groups in total. The van der Waals surface area contributed by atoms with Crippen LogP contribution in [0.1, 0.15) is 10.4 Å². The SMILES string of the molecule is CN(C)c1ccccc1C(=O)NO. The highest BCUT2D eigenvalue weighted by Crippen LogP contribution is 2.17. The highest BCUT2D eigenvalue weighted by atomic mass is 16.5. The number of carbonyl (C=O) groups is 1. The molecule has 0 aromatic heterocycles. The fourth-order valence-electron chi connectivity index (χ4n) is 1.12. The van der Waals surface area contributed by atoms with Gasteiger partial charge in [-0.3, -0.25) is 10.0 Å². The summed E-state index contributed by atoms with van der Waals surface area (Å²) >= 11 is 0. The summed E-state index contributed by atoms with van der Waals surface area (Å²) in [5.74, 6) is -0.496. The lowest BCUT2D eigenvalue weighted by Gasteiger charge is -2.15. The highest BCUT2D eigenvalue weighted by molar-refractivity contribution is 5.98. The van der Waals surface area contributed by atoms with E-state index >= 15 is 0 Å². The molecule has 0 spiro atoms. The van der Waals surface area contributed by atoms with Crippen molar-refractivity contribution in [1.82, 2.24) is 5.48 Å². The number of hydrogen-bond donors (Lipinski definition) is 2. The van der Waals surface area contributed by atoms with Crippen LogP contribution in [0, 0.1) is 0 Å². The van der Waals surface area contributed by atoms with Gasteiger partial charge in [0.25, 0.3) is 5.91 Å². The lowest BCUT2D eigenvalue weighted by atomic mass is 10.1. The van der Waals surface area contributed by atoms with E-state index in [2.05, 4.69) is 0 Å². The number of carbonyl (C=O) groups excluding carboxylic acids is 1. The van der Waals surface area contributed by atoms with Crippen molar-refractivity contribution in [1.29, 1.82) is 0 Å². The van der Waals surface area contributed by atoms with Gasteiger partial charge in [-0.15, -0.1) is 0 Å². The molecular weight excluding hydrogens is 168 g/mol. The van der Waals surface area contributed by atoms with Gasteiger partial charge in [0.2, 0.25) is 0 Å². The molecule has 70 valence electrons. The van der Waals surface area contributed by atoms with Crippen LogP contribution in [0.4, 0.5) is 5.69 Å². The molecule has 0 atom stereocenters. The third kappa shape index (κ3) is 1.97. The molecule has 0 unspecified atom stereocenters. The second-order valence-corrected chi connectivity index (χ2v) is 2.85. The number of nitrogens with zero attached hydrogens (tertiary/aromatic N) is 1. The van der Waals surface area contributed by atoms with Gasteiger partial charge in [-0.1, -0.05) is 12.1 Å². The smallest absolute Gasteiger partial charge is 0.276 e. The zero-order chi connectivity index (χ0) is 9.84. The molecule has 0 heterocycles. The number of amides is 1. The Morgan fingerprint density at radius 3 is 2.54 bits per heavy atom. The van der Waals surface area contributed by atoms with Crippen LogP contribution in [-0.2, 0) is 0 Å². The van der Waals surface area contributed by atoms with Crippen LogP contribution in [0.3, 0.4) is 0 Å². The van der Waals surface area contributed by atoms with Gasteiger partial charge in [0.1, 0.15) is 0 Å². The Bertz CT molecular complexity index is 310. The molecule has 0 fully saturated rings. The molecule has 1 amide bonds. The highest BCUT2D eigenvalue weighted by Gasteiger charge is 2.10. The Morgan fingerprint density at radius 1 is 1.38 bits per heavy atom. The zero-order valence-corrected chi connectivity index (χ0v) is 7.61. The monoisotopic (exact) mass is 180 g/mol. The fraction of sp³-hybridized carbons (Fsp3) is 0.222. The molecular formula is C9H12N2O2. The topological polar surface area (TPSA) is 52.6 Å². The van der Waals surface area contributed by atoms with Crippen molar-refractivity contribution in [2.24, 2.45) is 0 Å². The molecule has 13 heavy (non-hydrogen) atoms. The molecule has 4 heteroatoms. The Kier molecular flexibility index (Phi) is 2.87. The predicted molar refractivity (Wildman–Crippen MR) is 50.0 cm³/mol. The number of hydrogen-bond acceptors (Lipinski definition) is 3. The first kappa shape index (κ1) is 9.54. The first-order valence-corrected chi connectivity index (χ1v) is 3.87. The van der Waals surface area contributed by atoms with Gasteiger partial charge in [0, 0.05) is 19.8 Å². The largest absolute Gasteiger partial charge is 0.377 e. The van der Waals surface area contributed by atoms with Crippen LogP contribution < -0.4 is 10.4 Å². The van der Waals surface area contributed by atoms with E-state index in [0.29, 0.717) is 5.56 Å². The van der Waals surface area contributed by atoms with E-state index < -0.39 is 5.91 Å². The third-order valence-electron chi connectivity index (χ3n) is 1.73. The Labute approximate surface area is 76.7 Å². The van der Waals surface area contributed by atoms with Crippen LogP contribution in [0.25, 0.3) is 0 Å². The van der Waals surface area contributed by atoms with E-state index in [9.17, 15) is 4.79 Å². The second-order valence-electron chi connectivity index (χ2n) is 2.85. The van der Waals surface area contributed by atoms with Gasteiger partial charge < -0.3 is 4.90 Å². The summed E-state index contributed by atoms with van der Waals surface area (Å²) < 4.78 is 0. The first-order valence-electron chi connectivity index (χ1n) is 3.87. The van der Waals surface area contributed by atoms with E-state index in [-0.39, 0.29) is 0 Å². The summed E-state index contributed by atoms with van der Waals surface area (Å²) in [6, 6.07) is 7.05. The number of benzene rings is 1. The number of para-hydroxylation sites is 1. The van der Waals surface area contributed by atoms with E-state index in [0.717, 1.165) is 5.69 Å². The van der Waals surface area contributed by atoms with Gasteiger partial charge in [-0.2, -0.15) is 0 Å². The Morgan fingerprint density at radius 2 is 2.00 bits per heavy atom. The van der Waals surface area contributed by atoms with Crippen molar-refractivity contribution in [2.75, 3.05) is 19.0 Å². The van der Waals surface area contributed by atoms with Gasteiger partial charge >= 0.3 is 0 Å². The van der Waals surface area contributed by atoms with Crippen molar-refractivity contribution in [3.63, 3.8) is 0 Å². The van der Waals surface area contributed by atoms with Crippen LogP contribution >= 0.6 is 0 Å². The Hall–Kier alpha value is -1.55. The molecule has 4 nitrogen and oxygen atoms in total. The quantitative estimate of drug-likeness (QED) is 0.524. The van der Waals surface area contributed by atoms with Gasteiger partial charge in [-0.25, -0.2) is 5.48 Å². The van der Waals surface area contributed by atoms with Crippen LogP contribution in [0.5, 0.6) is 0 Å². The standard InChI is InChI=1S/C9H12N2O2/c1-11(2)8-6-4-3-5-7(8)9(12)10-13/h3-6,13H,1-2H3,(H,10,12). The molecule has 0 aliphatic heterocycles. The summed E-state index contributed by atoms with van der Waals surface area (Å²) in [5.41, 5.74) is 2.84. The number of nitrogens with one attached hydrogen (secondary N) is 1. The van der Waals surface area contributed by atoms with Crippen molar-refractivity contribution < 1.29 is 10.0 Å². The van der Waals surface area contributed by atoms with Crippen LogP contribution in [0.15, 0.2) is 24.3 Å². The summed E-state index contributed by atoms with van der Waals surface area (Å²) in [4.78, 5) is 13.0.